The zero-order valence-electron chi connectivity index (χ0n) is 9.77. The first-order valence-corrected chi connectivity index (χ1v) is 5.32. The molecule has 1 rings (SSSR count). The fourth-order valence-corrected chi connectivity index (χ4v) is 1.39. The first-order chi connectivity index (χ1) is 7.74. The molecule has 4 heteroatoms. The lowest BCUT2D eigenvalue weighted by molar-refractivity contribution is 0.171. The predicted octanol–water partition coefficient (Wildman–Crippen LogP) is 1.87. The molecule has 4 nitrogen and oxygen atoms in total. The molecule has 1 N–H and O–H groups in total. The molecule has 0 atom stereocenters. The Labute approximate surface area is 96.2 Å². The summed E-state index contributed by atoms with van der Waals surface area (Å²) in [7, 11) is 3.40. The van der Waals surface area contributed by atoms with Gasteiger partial charge in [-0.25, -0.2) is 4.79 Å². The van der Waals surface area contributed by atoms with Gasteiger partial charge in [0.25, 0.3) is 0 Å². The molecule has 1 aromatic carbocycles. The molecule has 88 valence electrons. The van der Waals surface area contributed by atoms with E-state index in [0.717, 1.165) is 13.0 Å². The highest BCUT2D eigenvalue weighted by Gasteiger charge is 2.00. The molecule has 0 aliphatic heterocycles. The van der Waals surface area contributed by atoms with Crippen LogP contribution in [0.5, 0.6) is 0 Å². The number of hydrogen-bond donors (Lipinski definition) is 1. The van der Waals surface area contributed by atoms with Gasteiger partial charge in [0.15, 0.2) is 0 Å². The predicted molar refractivity (Wildman–Crippen MR) is 64.7 cm³/mol. The van der Waals surface area contributed by atoms with Crippen molar-refractivity contribution >= 4 is 11.8 Å². The standard InChI is InChI=1S/C12H18N2O2/c1-14(11-7-4-3-5-8-11)10-6-9-13-12(15)16-2/h3-5,7-8H,6,9-10H2,1-2H3,(H,13,15). The average Bonchev–Trinajstić information content (AvgIpc) is 2.35. The van der Waals surface area contributed by atoms with E-state index in [0.29, 0.717) is 6.54 Å². The van der Waals surface area contributed by atoms with Crippen molar-refractivity contribution in [2.45, 2.75) is 6.42 Å². The SMILES string of the molecule is COC(=O)NCCCN(C)c1ccccc1. The number of carbonyl (C=O) groups is 1. The number of hydrogen-bond acceptors (Lipinski definition) is 3. The largest absolute Gasteiger partial charge is 0.453 e. The molecular formula is C12H18N2O2. The van der Waals surface area contributed by atoms with Crippen molar-refractivity contribution in [2.75, 3.05) is 32.1 Å². The highest BCUT2D eigenvalue weighted by Crippen LogP contribution is 2.10. The molecule has 0 aliphatic carbocycles. The van der Waals surface area contributed by atoms with E-state index >= 15 is 0 Å². The molecular weight excluding hydrogens is 204 g/mol. The van der Waals surface area contributed by atoms with Crippen molar-refractivity contribution in [3.05, 3.63) is 30.3 Å². The Morgan fingerprint density at radius 2 is 2.06 bits per heavy atom. The van der Waals surface area contributed by atoms with Gasteiger partial charge in [0, 0.05) is 25.8 Å². The normalized spacial score (nSPS) is 9.62. The van der Waals surface area contributed by atoms with Crippen LogP contribution in [0.15, 0.2) is 30.3 Å². The minimum Gasteiger partial charge on any atom is -0.453 e. The maximum absolute atomic E-state index is 10.8. The molecule has 0 unspecified atom stereocenters. The lowest BCUT2D eigenvalue weighted by Crippen LogP contribution is -2.27. The van der Waals surface area contributed by atoms with Gasteiger partial charge in [0.2, 0.25) is 0 Å². The van der Waals surface area contributed by atoms with Gasteiger partial charge < -0.3 is 15.0 Å². The number of benzene rings is 1. The van der Waals surface area contributed by atoms with Gasteiger partial charge in [-0.15, -0.1) is 0 Å². The molecule has 0 aromatic heterocycles. The topological polar surface area (TPSA) is 41.6 Å². The van der Waals surface area contributed by atoms with Crippen molar-refractivity contribution in [3.8, 4) is 0 Å². The molecule has 0 spiro atoms. The van der Waals surface area contributed by atoms with E-state index in [9.17, 15) is 4.79 Å². The number of ether oxygens (including phenoxy) is 1. The number of methoxy groups -OCH3 is 1. The Bertz CT molecular complexity index is 314. The van der Waals surface area contributed by atoms with Crippen LogP contribution in [0.25, 0.3) is 0 Å². The smallest absolute Gasteiger partial charge is 0.406 e. The second-order valence-electron chi connectivity index (χ2n) is 3.53. The molecule has 0 fully saturated rings. The van der Waals surface area contributed by atoms with Crippen LogP contribution < -0.4 is 10.2 Å². The number of carbonyl (C=O) groups excluding carboxylic acids is 1. The minimum atomic E-state index is -0.373. The van der Waals surface area contributed by atoms with Gasteiger partial charge in [-0.3, -0.25) is 0 Å². The van der Waals surface area contributed by atoms with Crippen molar-refractivity contribution in [1.29, 1.82) is 0 Å². The van der Waals surface area contributed by atoms with Gasteiger partial charge in [0.05, 0.1) is 7.11 Å². The van der Waals surface area contributed by atoms with Crippen LogP contribution in [0.2, 0.25) is 0 Å². The molecule has 0 heterocycles. The number of nitrogens with zero attached hydrogens (tertiary/aromatic N) is 1. The third-order valence-electron chi connectivity index (χ3n) is 2.32. The lowest BCUT2D eigenvalue weighted by Gasteiger charge is -2.18. The fourth-order valence-electron chi connectivity index (χ4n) is 1.39. The third-order valence-corrected chi connectivity index (χ3v) is 2.32. The number of amides is 1. The van der Waals surface area contributed by atoms with Crippen molar-refractivity contribution in [2.24, 2.45) is 0 Å². The zero-order valence-corrected chi connectivity index (χ0v) is 9.77. The average molecular weight is 222 g/mol. The fraction of sp³-hybridized carbons (Fsp3) is 0.417. The highest BCUT2D eigenvalue weighted by molar-refractivity contribution is 5.66. The summed E-state index contributed by atoms with van der Waals surface area (Å²) in [6, 6.07) is 10.1. The van der Waals surface area contributed by atoms with E-state index in [1.807, 2.05) is 25.2 Å². The van der Waals surface area contributed by atoms with Crippen LogP contribution in [0.3, 0.4) is 0 Å². The highest BCUT2D eigenvalue weighted by atomic mass is 16.5. The van der Waals surface area contributed by atoms with Crippen LogP contribution in [-0.2, 0) is 4.74 Å². The molecule has 1 aromatic rings. The Balaban J connectivity index is 2.21. The second-order valence-corrected chi connectivity index (χ2v) is 3.53. The summed E-state index contributed by atoms with van der Waals surface area (Å²) in [5, 5.41) is 2.65. The maximum atomic E-state index is 10.8. The van der Waals surface area contributed by atoms with Crippen LogP contribution in [0.1, 0.15) is 6.42 Å². The van der Waals surface area contributed by atoms with Gasteiger partial charge in [-0.1, -0.05) is 18.2 Å². The Morgan fingerprint density at radius 1 is 1.38 bits per heavy atom. The second kappa shape index (κ2) is 6.71. The molecule has 0 aliphatic rings. The summed E-state index contributed by atoms with van der Waals surface area (Å²) in [4.78, 5) is 12.9. The molecule has 1 amide bonds. The lowest BCUT2D eigenvalue weighted by atomic mass is 10.3. The number of alkyl carbamates (subject to hydrolysis) is 1. The first-order valence-electron chi connectivity index (χ1n) is 5.32. The summed E-state index contributed by atoms with van der Waals surface area (Å²) in [5.74, 6) is 0. The first kappa shape index (κ1) is 12.4. The maximum Gasteiger partial charge on any atom is 0.406 e. The van der Waals surface area contributed by atoms with Crippen molar-refractivity contribution < 1.29 is 9.53 Å². The summed E-state index contributed by atoms with van der Waals surface area (Å²) in [6.45, 7) is 1.53. The number of para-hydroxylation sites is 1. The van der Waals surface area contributed by atoms with E-state index in [2.05, 4.69) is 27.1 Å². The van der Waals surface area contributed by atoms with Crippen molar-refractivity contribution in [1.82, 2.24) is 5.32 Å². The molecule has 16 heavy (non-hydrogen) atoms. The van der Waals surface area contributed by atoms with E-state index in [-0.39, 0.29) is 6.09 Å². The van der Waals surface area contributed by atoms with Gasteiger partial charge >= 0.3 is 6.09 Å². The minimum absolute atomic E-state index is 0.373. The van der Waals surface area contributed by atoms with E-state index in [1.54, 1.807) is 0 Å². The quantitative estimate of drug-likeness (QED) is 0.773. The van der Waals surface area contributed by atoms with Crippen LogP contribution in [0.4, 0.5) is 10.5 Å². The van der Waals surface area contributed by atoms with Crippen LogP contribution in [-0.4, -0.2) is 33.3 Å². The monoisotopic (exact) mass is 222 g/mol. The Kier molecular flexibility index (Phi) is 5.19. The third kappa shape index (κ3) is 4.21. The summed E-state index contributed by atoms with van der Waals surface area (Å²) < 4.78 is 4.48. The van der Waals surface area contributed by atoms with Crippen LogP contribution in [0, 0.1) is 0 Å². The number of nitrogens with one attached hydrogen (secondary N) is 1. The van der Waals surface area contributed by atoms with E-state index < -0.39 is 0 Å². The van der Waals surface area contributed by atoms with Gasteiger partial charge in [-0.05, 0) is 18.6 Å². The van der Waals surface area contributed by atoms with E-state index in [1.165, 1.54) is 12.8 Å². The molecule has 0 saturated heterocycles. The number of anilines is 1. The summed E-state index contributed by atoms with van der Waals surface area (Å²) in [6.07, 6.45) is 0.517. The summed E-state index contributed by atoms with van der Waals surface area (Å²) in [5.41, 5.74) is 1.18. The Hall–Kier alpha value is -1.71. The van der Waals surface area contributed by atoms with E-state index in [4.69, 9.17) is 0 Å². The molecule has 0 radical (unpaired) electrons. The number of rotatable bonds is 5. The molecule has 0 bridgehead atoms. The summed E-state index contributed by atoms with van der Waals surface area (Å²) >= 11 is 0. The zero-order chi connectivity index (χ0) is 11.8. The molecule has 0 saturated carbocycles. The van der Waals surface area contributed by atoms with Crippen molar-refractivity contribution in [3.63, 3.8) is 0 Å². The van der Waals surface area contributed by atoms with Gasteiger partial charge in [0.1, 0.15) is 0 Å². The van der Waals surface area contributed by atoms with Crippen LogP contribution >= 0.6 is 0 Å². The Morgan fingerprint density at radius 3 is 2.69 bits per heavy atom. The van der Waals surface area contributed by atoms with Gasteiger partial charge in [-0.2, -0.15) is 0 Å².